The summed E-state index contributed by atoms with van der Waals surface area (Å²) in [5.41, 5.74) is 3.78. The Morgan fingerprint density at radius 1 is 1.00 bits per heavy atom. The van der Waals surface area contributed by atoms with Crippen LogP contribution >= 0.6 is 0 Å². The Labute approximate surface area is 168 Å². The topological polar surface area (TPSA) is 41.6 Å². The van der Waals surface area contributed by atoms with E-state index in [-0.39, 0.29) is 18.6 Å². The smallest absolute Gasteiger partial charge is 0.258 e. The van der Waals surface area contributed by atoms with Crippen molar-refractivity contribution in [1.82, 2.24) is 10.2 Å². The highest BCUT2D eigenvalue weighted by molar-refractivity contribution is 5.77. The Bertz CT molecular complexity index is 747. The van der Waals surface area contributed by atoms with Crippen LogP contribution < -0.4 is 10.1 Å². The van der Waals surface area contributed by atoms with Crippen LogP contribution in [-0.4, -0.2) is 37.0 Å². The zero-order valence-electron chi connectivity index (χ0n) is 17.3. The summed E-state index contributed by atoms with van der Waals surface area (Å²) in [5.74, 6) is 1.14. The van der Waals surface area contributed by atoms with Crippen molar-refractivity contribution in [2.45, 2.75) is 45.6 Å². The van der Waals surface area contributed by atoms with Crippen molar-refractivity contribution in [3.8, 4) is 5.75 Å². The molecule has 0 spiro atoms. The molecule has 4 nitrogen and oxygen atoms in total. The van der Waals surface area contributed by atoms with Crippen molar-refractivity contribution in [3.05, 3.63) is 65.2 Å². The Balaban J connectivity index is 1.53. The van der Waals surface area contributed by atoms with E-state index in [0.29, 0.717) is 12.5 Å². The first-order valence-corrected chi connectivity index (χ1v) is 10.3. The molecule has 150 valence electrons. The van der Waals surface area contributed by atoms with Crippen LogP contribution in [0.15, 0.2) is 48.5 Å². The molecule has 0 bridgehead atoms. The molecule has 1 amide bonds. The minimum absolute atomic E-state index is 0.0433. The summed E-state index contributed by atoms with van der Waals surface area (Å²) in [6.45, 7) is 9.25. The molecule has 0 unspecified atom stereocenters. The van der Waals surface area contributed by atoms with Gasteiger partial charge in [0.2, 0.25) is 0 Å². The van der Waals surface area contributed by atoms with Gasteiger partial charge in [-0.1, -0.05) is 55.8 Å². The van der Waals surface area contributed by atoms with Crippen molar-refractivity contribution in [2.75, 3.05) is 26.2 Å². The van der Waals surface area contributed by atoms with Crippen LogP contribution in [0.4, 0.5) is 0 Å². The van der Waals surface area contributed by atoms with E-state index < -0.39 is 0 Å². The Hall–Kier alpha value is -2.33. The number of carbonyl (C=O) groups is 1. The van der Waals surface area contributed by atoms with Crippen molar-refractivity contribution in [1.29, 1.82) is 0 Å². The minimum atomic E-state index is -0.0794. The van der Waals surface area contributed by atoms with Crippen molar-refractivity contribution in [3.63, 3.8) is 0 Å². The molecule has 0 aliphatic carbocycles. The number of hydrogen-bond donors (Lipinski definition) is 1. The average Bonchev–Trinajstić information content (AvgIpc) is 3.22. The summed E-state index contributed by atoms with van der Waals surface area (Å²) in [6, 6.07) is 16.8. The van der Waals surface area contributed by atoms with E-state index in [1.54, 1.807) is 0 Å². The fourth-order valence-electron chi connectivity index (χ4n) is 3.66. The average molecular weight is 381 g/mol. The molecule has 1 heterocycles. The van der Waals surface area contributed by atoms with Crippen LogP contribution in [0.2, 0.25) is 0 Å². The quantitative estimate of drug-likeness (QED) is 0.736. The third kappa shape index (κ3) is 5.59. The molecule has 0 aromatic heterocycles. The fraction of sp³-hybridized carbons (Fsp3) is 0.458. The monoisotopic (exact) mass is 380 g/mol. The van der Waals surface area contributed by atoms with Gasteiger partial charge in [0.15, 0.2) is 6.61 Å². The van der Waals surface area contributed by atoms with E-state index in [4.69, 9.17) is 4.74 Å². The lowest BCUT2D eigenvalue weighted by Gasteiger charge is -2.28. The van der Waals surface area contributed by atoms with Gasteiger partial charge < -0.3 is 10.1 Å². The number of hydrogen-bond acceptors (Lipinski definition) is 3. The molecule has 1 aliphatic rings. The fourth-order valence-corrected chi connectivity index (χ4v) is 3.66. The summed E-state index contributed by atoms with van der Waals surface area (Å²) in [6.07, 6.45) is 2.46. The zero-order chi connectivity index (χ0) is 19.9. The van der Waals surface area contributed by atoms with Gasteiger partial charge in [0.25, 0.3) is 5.91 Å². The van der Waals surface area contributed by atoms with Gasteiger partial charge in [-0.2, -0.15) is 0 Å². The number of aryl methyl sites for hydroxylation is 1. The first-order valence-electron chi connectivity index (χ1n) is 10.3. The van der Waals surface area contributed by atoms with Crippen LogP contribution in [0.1, 0.15) is 55.3 Å². The second-order valence-corrected chi connectivity index (χ2v) is 7.99. The number of rotatable bonds is 8. The predicted molar refractivity (Wildman–Crippen MR) is 114 cm³/mol. The van der Waals surface area contributed by atoms with Gasteiger partial charge in [-0.15, -0.1) is 0 Å². The van der Waals surface area contributed by atoms with E-state index >= 15 is 0 Å². The second kappa shape index (κ2) is 9.74. The summed E-state index contributed by atoms with van der Waals surface area (Å²) < 4.78 is 5.66. The summed E-state index contributed by atoms with van der Waals surface area (Å²) >= 11 is 0. The van der Waals surface area contributed by atoms with Crippen LogP contribution in [0.3, 0.4) is 0 Å². The van der Waals surface area contributed by atoms with E-state index in [2.05, 4.69) is 67.4 Å². The molecule has 1 atom stereocenters. The molecule has 1 fully saturated rings. The third-order valence-corrected chi connectivity index (χ3v) is 5.45. The number of likely N-dealkylation sites (tertiary alicyclic amines) is 1. The molecule has 1 aliphatic heterocycles. The van der Waals surface area contributed by atoms with Crippen LogP contribution in [0, 0.1) is 6.92 Å². The summed E-state index contributed by atoms with van der Waals surface area (Å²) in [4.78, 5) is 14.8. The normalized spacial score (nSPS) is 15.6. The first kappa shape index (κ1) is 20.4. The molecule has 28 heavy (non-hydrogen) atoms. The zero-order valence-corrected chi connectivity index (χ0v) is 17.3. The maximum absolute atomic E-state index is 12.3. The lowest BCUT2D eigenvalue weighted by Crippen LogP contribution is -2.38. The highest BCUT2D eigenvalue weighted by Gasteiger charge is 2.23. The molecule has 1 N–H and O–H groups in total. The Kier molecular flexibility index (Phi) is 7.10. The molecule has 4 heteroatoms. The number of nitrogens with zero attached hydrogens (tertiary/aromatic N) is 1. The first-order chi connectivity index (χ1) is 13.5. The highest BCUT2D eigenvalue weighted by Crippen LogP contribution is 2.25. The van der Waals surface area contributed by atoms with Gasteiger partial charge in [0, 0.05) is 6.54 Å². The number of nitrogens with one attached hydrogen (secondary N) is 1. The maximum atomic E-state index is 12.3. The molecule has 1 saturated heterocycles. The Morgan fingerprint density at radius 3 is 2.21 bits per heavy atom. The number of amides is 1. The van der Waals surface area contributed by atoms with Crippen LogP contribution in [0.5, 0.6) is 5.75 Å². The molecular weight excluding hydrogens is 348 g/mol. The molecule has 0 saturated carbocycles. The molecular formula is C24H32N2O2. The van der Waals surface area contributed by atoms with E-state index in [9.17, 15) is 4.79 Å². The molecule has 2 aromatic rings. The number of benzene rings is 2. The van der Waals surface area contributed by atoms with Crippen LogP contribution in [0.25, 0.3) is 0 Å². The molecule has 2 aromatic carbocycles. The van der Waals surface area contributed by atoms with E-state index in [1.165, 1.54) is 29.5 Å². The maximum Gasteiger partial charge on any atom is 0.258 e. The van der Waals surface area contributed by atoms with Gasteiger partial charge in [-0.05, 0) is 62.0 Å². The predicted octanol–water partition coefficient (Wildman–Crippen LogP) is 4.45. The lowest BCUT2D eigenvalue weighted by molar-refractivity contribution is -0.123. The number of carbonyl (C=O) groups excluding carboxylic acids is 1. The highest BCUT2D eigenvalue weighted by atomic mass is 16.5. The number of ether oxygens (including phenoxy) is 1. The van der Waals surface area contributed by atoms with Crippen molar-refractivity contribution in [2.24, 2.45) is 0 Å². The van der Waals surface area contributed by atoms with Gasteiger partial charge in [0.05, 0.1) is 6.04 Å². The standard InChI is InChI=1S/C24H32N2O2/c1-18(2)20-10-12-22(13-11-20)28-17-24(27)25-16-23(26-14-4-5-15-26)21-8-6-19(3)7-9-21/h6-13,18,23H,4-5,14-17H2,1-3H3,(H,25,27)/t23-/m0/s1. The Morgan fingerprint density at radius 2 is 1.61 bits per heavy atom. The van der Waals surface area contributed by atoms with Gasteiger partial charge in [-0.25, -0.2) is 0 Å². The molecule has 0 radical (unpaired) electrons. The lowest BCUT2D eigenvalue weighted by atomic mass is 10.0. The van der Waals surface area contributed by atoms with Gasteiger partial charge >= 0.3 is 0 Å². The minimum Gasteiger partial charge on any atom is -0.484 e. The molecule has 3 rings (SSSR count). The van der Waals surface area contributed by atoms with E-state index in [0.717, 1.165) is 18.8 Å². The second-order valence-electron chi connectivity index (χ2n) is 7.99. The largest absolute Gasteiger partial charge is 0.484 e. The van der Waals surface area contributed by atoms with E-state index in [1.807, 2.05) is 12.1 Å². The van der Waals surface area contributed by atoms with Gasteiger partial charge in [0.1, 0.15) is 5.75 Å². The summed E-state index contributed by atoms with van der Waals surface area (Å²) in [5, 5.41) is 3.07. The van der Waals surface area contributed by atoms with Crippen molar-refractivity contribution < 1.29 is 9.53 Å². The SMILES string of the molecule is Cc1ccc([C@H](CNC(=O)COc2ccc(C(C)C)cc2)N2CCCC2)cc1. The third-order valence-electron chi connectivity index (χ3n) is 5.45. The van der Waals surface area contributed by atoms with Crippen LogP contribution in [-0.2, 0) is 4.79 Å². The van der Waals surface area contributed by atoms with Crippen molar-refractivity contribution >= 4 is 5.91 Å². The van der Waals surface area contributed by atoms with Gasteiger partial charge in [-0.3, -0.25) is 9.69 Å². The summed E-state index contributed by atoms with van der Waals surface area (Å²) in [7, 11) is 0.